The number of hydrogen-bond donors (Lipinski definition) is 1. The second-order valence-electron chi connectivity index (χ2n) is 1.22. The zero-order valence-corrected chi connectivity index (χ0v) is 6.90. The molecule has 0 saturated heterocycles. The molecule has 0 aromatic carbocycles. The van der Waals surface area contributed by atoms with Gasteiger partial charge in [0.25, 0.3) is 0 Å². The molecule has 0 aromatic heterocycles. The van der Waals surface area contributed by atoms with Gasteiger partial charge in [-0.05, 0) is 6.92 Å². The molecule has 1 radical (unpaired) electrons. The Hall–Kier alpha value is 0.210. The Bertz CT molecular complexity index is 127. The van der Waals surface area contributed by atoms with Crippen molar-refractivity contribution in [1.82, 2.24) is 0 Å². The van der Waals surface area contributed by atoms with Crippen molar-refractivity contribution in [2.24, 2.45) is 0 Å². The van der Waals surface area contributed by atoms with Crippen molar-refractivity contribution < 1.29 is 47.6 Å². The molecule has 0 fully saturated rings. The number of carboxylic acid groups (broad SMARTS) is 1. The van der Waals surface area contributed by atoms with Crippen LogP contribution in [0.4, 0.5) is 0 Å². The predicted octanol–water partition coefficient (Wildman–Crippen LogP) is 1.20. The van der Waals surface area contributed by atoms with E-state index in [9.17, 15) is 4.79 Å². The SMILES string of the molecule is C/C=C/C=C/C(=O)O.[Ho]. The second-order valence-corrected chi connectivity index (χ2v) is 1.22. The number of hydrogen-bond acceptors (Lipinski definition) is 1. The van der Waals surface area contributed by atoms with Crippen LogP contribution in [0.1, 0.15) is 6.92 Å². The average molecular weight is 277 g/mol. The van der Waals surface area contributed by atoms with Crippen molar-refractivity contribution in [1.29, 1.82) is 0 Å². The molecule has 3 heteroatoms. The van der Waals surface area contributed by atoms with Gasteiger partial charge in [0.05, 0.1) is 0 Å². The van der Waals surface area contributed by atoms with E-state index in [0.29, 0.717) is 0 Å². The van der Waals surface area contributed by atoms with Gasteiger partial charge in [0.2, 0.25) is 0 Å². The van der Waals surface area contributed by atoms with Gasteiger partial charge < -0.3 is 5.11 Å². The quantitative estimate of drug-likeness (QED) is 0.468. The van der Waals surface area contributed by atoms with Gasteiger partial charge in [-0.1, -0.05) is 18.2 Å². The van der Waals surface area contributed by atoms with E-state index in [0.717, 1.165) is 6.08 Å². The van der Waals surface area contributed by atoms with Crippen LogP contribution in [0.3, 0.4) is 0 Å². The summed E-state index contributed by atoms with van der Waals surface area (Å²) in [5.74, 6) is -0.914. The summed E-state index contributed by atoms with van der Waals surface area (Å²) in [4.78, 5) is 9.75. The molecule has 0 aliphatic heterocycles. The van der Waals surface area contributed by atoms with Crippen LogP contribution in [-0.2, 0) is 4.79 Å². The van der Waals surface area contributed by atoms with E-state index in [1.165, 1.54) is 6.08 Å². The van der Waals surface area contributed by atoms with Crippen molar-refractivity contribution in [3.05, 3.63) is 24.3 Å². The monoisotopic (exact) mass is 277 g/mol. The minimum Gasteiger partial charge on any atom is -0.478 e. The number of carbonyl (C=O) groups is 1. The van der Waals surface area contributed by atoms with Crippen molar-refractivity contribution in [2.75, 3.05) is 0 Å². The van der Waals surface area contributed by atoms with Crippen LogP contribution >= 0.6 is 0 Å². The topological polar surface area (TPSA) is 37.3 Å². The summed E-state index contributed by atoms with van der Waals surface area (Å²) in [6, 6.07) is 0. The molecule has 0 aliphatic carbocycles. The fourth-order valence-electron chi connectivity index (χ4n) is 0.249. The maximum atomic E-state index is 9.75. The first-order valence-corrected chi connectivity index (χ1v) is 2.29. The van der Waals surface area contributed by atoms with Gasteiger partial charge >= 0.3 is 5.97 Å². The Balaban J connectivity index is 0. The summed E-state index contributed by atoms with van der Waals surface area (Å²) in [7, 11) is 0. The van der Waals surface area contributed by atoms with Crippen molar-refractivity contribution in [3.63, 3.8) is 0 Å². The molecule has 55 valence electrons. The van der Waals surface area contributed by atoms with Crippen LogP contribution in [0.25, 0.3) is 0 Å². The summed E-state index contributed by atoms with van der Waals surface area (Å²) in [6.07, 6.45) is 5.98. The fraction of sp³-hybridized carbons (Fsp3) is 0.167. The predicted molar refractivity (Wildman–Crippen MR) is 31.6 cm³/mol. The van der Waals surface area contributed by atoms with E-state index in [1.807, 2.05) is 6.92 Å². The third-order valence-corrected chi connectivity index (χ3v) is 0.542. The number of rotatable bonds is 2. The van der Waals surface area contributed by atoms with E-state index in [4.69, 9.17) is 5.11 Å². The molecule has 0 heterocycles. The third-order valence-electron chi connectivity index (χ3n) is 0.542. The molecule has 0 amide bonds. The summed E-state index contributed by atoms with van der Waals surface area (Å²) < 4.78 is 0. The van der Waals surface area contributed by atoms with Crippen molar-refractivity contribution in [2.45, 2.75) is 6.92 Å². The van der Waals surface area contributed by atoms with Crippen LogP contribution in [-0.4, -0.2) is 11.1 Å². The number of aliphatic carboxylic acids is 1. The molecule has 0 aliphatic rings. The summed E-state index contributed by atoms with van der Waals surface area (Å²) in [6.45, 7) is 1.83. The number of carboxylic acids is 1. The second kappa shape index (κ2) is 8.21. The van der Waals surface area contributed by atoms with E-state index in [-0.39, 0.29) is 37.7 Å². The summed E-state index contributed by atoms with van der Waals surface area (Å²) >= 11 is 0. The van der Waals surface area contributed by atoms with Crippen molar-refractivity contribution >= 4 is 5.97 Å². The van der Waals surface area contributed by atoms with Crippen molar-refractivity contribution in [3.8, 4) is 0 Å². The Labute approximate surface area is 84.3 Å². The van der Waals surface area contributed by atoms with E-state index >= 15 is 0 Å². The van der Waals surface area contributed by atoms with Crippen LogP contribution in [0, 0.1) is 37.7 Å². The molecular weight excluding hydrogens is 269 g/mol. The first-order chi connectivity index (χ1) is 3.77. The Morgan fingerprint density at radius 2 is 2.00 bits per heavy atom. The third kappa shape index (κ3) is 11.7. The van der Waals surface area contributed by atoms with Crippen LogP contribution in [0.2, 0.25) is 0 Å². The molecule has 0 bridgehead atoms. The normalized spacial score (nSPS) is 9.89. The van der Waals surface area contributed by atoms with Gasteiger partial charge in [0.1, 0.15) is 0 Å². The van der Waals surface area contributed by atoms with E-state index in [1.54, 1.807) is 12.2 Å². The molecule has 0 aromatic rings. The van der Waals surface area contributed by atoms with E-state index in [2.05, 4.69) is 0 Å². The van der Waals surface area contributed by atoms with Crippen LogP contribution < -0.4 is 0 Å². The van der Waals surface area contributed by atoms with Gasteiger partial charge in [-0.2, -0.15) is 0 Å². The van der Waals surface area contributed by atoms with Gasteiger partial charge in [0.15, 0.2) is 0 Å². The maximum absolute atomic E-state index is 9.75. The maximum Gasteiger partial charge on any atom is 0.328 e. The van der Waals surface area contributed by atoms with E-state index < -0.39 is 5.97 Å². The molecule has 0 unspecified atom stereocenters. The van der Waals surface area contributed by atoms with Crippen LogP contribution in [0.5, 0.6) is 0 Å². The standard InChI is InChI=1S/C6H8O2.Ho/c1-2-3-4-5-6(7)8;/h2-5H,1H3,(H,7,8);/b3-2+,5-4+;. The minimum atomic E-state index is -0.914. The smallest absolute Gasteiger partial charge is 0.328 e. The molecule has 0 rings (SSSR count). The molecular formula is C6H8HoO2. The Morgan fingerprint density at radius 1 is 1.44 bits per heavy atom. The molecule has 2 nitrogen and oxygen atoms in total. The summed E-state index contributed by atoms with van der Waals surface area (Å²) in [5, 5.41) is 8.02. The molecule has 0 saturated carbocycles. The fourth-order valence-corrected chi connectivity index (χ4v) is 0.249. The van der Waals surface area contributed by atoms with Gasteiger partial charge in [-0.3, -0.25) is 0 Å². The molecule has 0 atom stereocenters. The number of allylic oxidation sites excluding steroid dienone is 3. The Kier molecular flexibility index (Phi) is 10.9. The minimum absolute atomic E-state index is 0. The van der Waals surface area contributed by atoms with Gasteiger partial charge in [0, 0.05) is 43.8 Å². The average Bonchev–Trinajstić information content (AvgIpc) is 1.66. The summed E-state index contributed by atoms with van der Waals surface area (Å²) in [5.41, 5.74) is 0. The largest absolute Gasteiger partial charge is 0.478 e. The first kappa shape index (κ1) is 11.9. The van der Waals surface area contributed by atoms with Gasteiger partial charge in [-0.15, -0.1) is 0 Å². The zero-order valence-electron chi connectivity index (χ0n) is 4.97. The molecule has 9 heavy (non-hydrogen) atoms. The van der Waals surface area contributed by atoms with Gasteiger partial charge in [-0.25, -0.2) is 4.79 Å². The molecule has 1 N–H and O–H groups in total. The first-order valence-electron chi connectivity index (χ1n) is 2.29. The molecule has 0 spiro atoms. The Morgan fingerprint density at radius 3 is 2.33 bits per heavy atom. The zero-order chi connectivity index (χ0) is 6.41. The van der Waals surface area contributed by atoms with Crippen LogP contribution in [0.15, 0.2) is 24.3 Å².